The molecule has 2 heterocycles. The van der Waals surface area contributed by atoms with E-state index in [0.717, 1.165) is 0 Å². The van der Waals surface area contributed by atoms with Gasteiger partial charge < -0.3 is 4.74 Å². The van der Waals surface area contributed by atoms with E-state index in [-0.39, 0.29) is 44.1 Å². The lowest BCUT2D eigenvalue weighted by molar-refractivity contribution is -0.640. The van der Waals surface area contributed by atoms with Crippen molar-refractivity contribution in [3.63, 3.8) is 0 Å². The maximum atomic E-state index is 7.07. The smallest absolute Gasteiger partial charge is 0.176 e. The van der Waals surface area contributed by atoms with Crippen LogP contribution in [0.4, 0.5) is 0 Å². The zero-order valence-corrected chi connectivity index (χ0v) is 17.5. The minimum Gasteiger partial charge on any atom is -0.354 e. The summed E-state index contributed by atoms with van der Waals surface area (Å²) in [7, 11) is 0. The van der Waals surface area contributed by atoms with Crippen LogP contribution in [0.5, 0.6) is 0 Å². The molecule has 142 valence electrons. The molecule has 0 spiro atoms. The van der Waals surface area contributed by atoms with Crippen LogP contribution in [0.2, 0.25) is 0 Å². The van der Waals surface area contributed by atoms with E-state index in [4.69, 9.17) is 14.5 Å². The summed E-state index contributed by atoms with van der Waals surface area (Å²) in [6.45, 7) is 19.3. The molecule has 5 aliphatic rings. The van der Waals surface area contributed by atoms with Crippen LogP contribution < -0.4 is 0 Å². The Labute approximate surface area is 153 Å². The van der Waals surface area contributed by atoms with Gasteiger partial charge in [0.05, 0.1) is 0 Å². The van der Waals surface area contributed by atoms with Gasteiger partial charge in [-0.1, -0.05) is 68.2 Å². The standard InChI is InChI=1S/C22H36O3/c1-15(2)11-9-12-16(3,4)20-19(15,23-20)21-17(5,6)13-10-14-18(7,8)22(20,21)25-24-21/h9-14H2,1-8H3/t19-,20+,21+,22-. The van der Waals surface area contributed by atoms with Gasteiger partial charge in [-0.25, -0.2) is 9.78 Å². The van der Waals surface area contributed by atoms with E-state index in [2.05, 4.69) is 55.4 Å². The lowest BCUT2D eigenvalue weighted by Gasteiger charge is -2.79. The molecule has 5 rings (SSSR count). The minimum atomic E-state index is -0.321. The highest BCUT2D eigenvalue weighted by molar-refractivity contribution is 5.59. The van der Waals surface area contributed by atoms with Gasteiger partial charge in [0.2, 0.25) is 0 Å². The van der Waals surface area contributed by atoms with Crippen molar-refractivity contribution < 1.29 is 14.5 Å². The molecule has 0 aromatic rings. The Morgan fingerprint density at radius 1 is 0.440 bits per heavy atom. The lowest BCUT2D eigenvalue weighted by atomic mass is 9.30. The Balaban J connectivity index is 1.84. The predicted molar refractivity (Wildman–Crippen MR) is 97.0 cm³/mol. The van der Waals surface area contributed by atoms with E-state index in [9.17, 15) is 0 Å². The van der Waals surface area contributed by atoms with E-state index in [0.29, 0.717) is 0 Å². The monoisotopic (exact) mass is 348 g/mol. The SMILES string of the molecule is CC1(C)CCCC(C)(C)[C@]23OO[C@]12[C@]12O[C@]31C(C)(C)CCCC2(C)C. The number of rotatable bonds is 0. The number of ether oxygens (including phenoxy) is 1. The quantitative estimate of drug-likeness (QED) is 0.432. The number of hydrogen-bond acceptors (Lipinski definition) is 3. The van der Waals surface area contributed by atoms with Crippen LogP contribution in [0, 0.1) is 21.7 Å². The molecule has 4 atom stereocenters. The van der Waals surface area contributed by atoms with E-state index in [1.807, 2.05) is 0 Å². The zero-order chi connectivity index (χ0) is 18.4. The third-order valence-electron chi connectivity index (χ3n) is 9.56. The zero-order valence-electron chi connectivity index (χ0n) is 17.5. The van der Waals surface area contributed by atoms with E-state index >= 15 is 0 Å². The molecule has 0 aromatic heterocycles. The highest BCUT2D eigenvalue weighted by atomic mass is 17.3. The Kier molecular flexibility index (Phi) is 2.63. The highest BCUT2D eigenvalue weighted by Crippen LogP contribution is 2.96. The van der Waals surface area contributed by atoms with Gasteiger partial charge in [0, 0.05) is 10.8 Å². The summed E-state index contributed by atoms with van der Waals surface area (Å²) in [6.07, 6.45) is 7.27. The summed E-state index contributed by atoms with van der Waals surface area (Å²) in [5.74, 6) is 0. The molecule has 0 unspecified atom stereocenters. The molecule has 3 nitrogen and oxygen atoms in total. The van der Waals surface area contributed by atoms with Crippen molar-refractivity contribution in [2.45, 2.75) is 116 Å². The Bertz CT molecular complexity index is 608. The molecule has 3 aliphatic carbocycles. The van der Waals surface area contributed by atoms with Crippen molar-refractivity contribution in [2.24, 2.45) is 21.7 Å². The van der Waals surface area contributed by atoms with Gasteiger partial charge >= 0.3 is 0 Å². The van der Waals surface area contributed by atoms with Crippen LogP contribution in [0.1, 0.15) is 93.9 Å². The van der Waals surface area contributed by atoms with Crippen molar-refractivity contribution in [3.8, 4) is 0 Å². The summed E-state index contributed by atoms with van der Waals surface area (Å²) >= 11 is 0. The summed E-state index contributed by atoms with van der Waals surface area (Å²) in [6, 6.07) is 0. The second kappa shape index (κ2) is 3.86. The summed E-state index contributed by atoms with van der Waals surface area (Å²) in [5.41, 5.74) is -0.756. The number of epoxide rings is 1. The fourth-order valence-corrected chi connectivity index (χ4v) is 8.57. The van der Waals surface area contributed by atoms with Crippen molar-refractivity contribution in [2.75, 3.05) is 0 Å². The van der Waals surface area contributed by atoms with Crippen molar-refractivity contribution in [1.82, 2.24) is 0 Å². The first-order chi connectivity index (χ1) is 11.3. The average Bonchev–Trinajstić information content (AvgIpc) is 3.06. The molecule has 25 heavy (non-hydrogen) atoms. The third kappa shape index (κ3) is 1.17. The second-order valence-corrected chi connectivity index (χ2v) is 12.2. The maximum Gasteiger partial charge on any atom is 0.176 e. The first-order valence-corrected chi connectivity index (χ1v) is 10.4. The molecule has 3 saturated carbocycles. The Morgan fingerprint density at radius 2 is 0.720 bits per heavy atom. The van der Waals surface area contributed by atoms with Gasteiger partial charge in [0.15, 0.2) is 11.2 Å². The Hall–Kier alpha value is -0.120. The maximum absolute atomic E-state index is 7.07. The summed E-state index contributed by atoms with van der Waals surface area (Å²) in [4.78, 5) is 12.6. The first-order valence-electron chi connectivity index (χ1n) is 10.4. The molecule has 0 bridgehead atoms. The molecule has 5 fully saturated rings. The molecule has 0 amide bonds. The first kappa shape index (κ1) is 17.0. The topological polar surface area (TPSA) is 31.0 Å². The van der Waals surface area contributed by atoms with Gasteiger partial charge in [-0.05, 0) is 36.5 Å². The highest BCUT2D eigenvalue weighted by Gasteiger charge is 3.14. The molecule has 3 heteroatoms. The normalized spacial score (nSPS) is 55.7. The molecule has 2 saturated heterocycles. The van der Waals surface area contributed by atoms with Crippen LogP contribution >= 0.6 is 0 Å². The molecule has 0 radical (unpaired) electrons. The van der Waals surface area contributed by atoms with Gasteiger partial charge in [-0.2, -0.15) is 0 Å². The minimum absolute atomic E-state index is 0.0523. The average molecular weight is 349 g/mol. The lowest BCUT2D eigenvalue weighted by Crippen LogP contribution is -2.99. The molecule has 0 aromatic carbocycles. The van der Waals surface area contributed by atoms with Crippen molar-refractivity contribution >= 4 is 0 Å². The van der Waals surface area contributed by atoms with Crippen LogP contribution in [0.3, 0.4) is 0 Å². The fourth-order valence-electron chi connectivity index (χ4n) is 8.57. The van der Waals surface area contributed by atoms with Gasteiger partial charge in [0.25, 0.3) is 0 Å². The van der Waals surface area contributed by atoms with Crippen molar-refractivity contribution in [1.29, 1.82) is 0 Å². The van der Waals surface area contributed by atoms with Gasteiger partial charge in [-0.3, -0.25) is 0 Å². The van der Waals surface area contributed by atoms with Gasteiger partial charge in [-0.15, -0.1) is 0 Å². The van der Waals surface area contributed by atoms with Crippen LogP contribution in [-0.4, -0.2) is 22.4 Å². The largest absolute Gasteiger partial charge is 0.354 e. The molecular formula is C22H36O3. The van der Waals surface area contributed by atoms with E-state index in [1.165, 1.54) is 38.5 Å². The summed E-state index contributed by atoms with van der Waals surface area (Å²) in [5, 5.41) is 0. The second-order valence-electron chi connectivity index (χ2n) is 12.2. The van der Waals surface area contributed by atoms with E-state index < -0.39 is 0 Å². The molecule has 0 N–H and O–H groups in total. The van der Waals surface area contributed by atoms with Crippen molar-refractivity contribution in [3.05, 3.63) is 0 Å². The van der Waals surface area contributed by atoms with Crippen LogP contribution in [0.15, 0.2) is 0 Å². The van der Waals surface area contributed by atoms with Crippen LogP contribution in [-0.2, 0) is 14.5 Å². The fraction of sp³-hybridized carbons (Fsp3) is 1.00. The van der Waals surface area contributed by atoms with Crippen LogP contribution in [0.25, 0.3) is 0 Å². The predicted octanol–water partition coefficient (Wildman–Crippen LogP) is 5.42. The third-order valence-corrected chi connectivity index (χ3v) is 9.56. The molecular weight excluding hydrogens is 312 g/mol. The summed E-state index contributed by atoms with van der Waals surface area (Å²) < 4.78 is 7.07. The molecule has 2 aliphatic heterocycles. The van der Waals surface area contributed by atoms with E-state index in [1.54, 1.807) is 0 Å². The number of hydrogen-bond donors (Lipinski definition) is 0. The Morgan fingerprint density at radius 3 is 1.00 bits per heavy atom. The van der Waals surface area contributed by atoms with Gasteiger partial charge in [0.1, 0.15) is 11.2 Å².